The first-order valence-electron chi connectivity index (χ1n) is 15.0. The summed E-state index contributed by atoms with van der Waals surface area (Å²) in [6, 6.07) is 19.8. The van der Waals surface area contributed by atoms with Gasteiger partial charge in [0, 0.05) is 20.4 Å². The first-order valence-corrected chi connectivity index (χ1v) is 15.0. The molecule has 2 amide bonds. The highest BCUT2D eigenvalue weighted by Gasteiger charge is 2.40. The standard InChI is InChI=1S/C34H37N5O6/c1-4-5-6-10-21-35-33(42)31-32(34(43)39(38-31)28-11-8-7-9-12-28)37-36-27-17-14-25(15-18-27)13-16-26-22-29(44-23(2)40)19-20-30(26)45-24(3)41/h7-9,11-12,14-15,17-20,22,32H,4-6,10,13,16,21H2,1-3H3,(H,35,42). The Morgan fingerprint density at radius 2 is 1.62 bits per heavy atom. The van der Waals surface area contributed by atoms with Gasteiger partial charge < -0.3 is 14.8 Å². The molecule has 0 radical (unpaired) electrons. The summed E-state index contributed by atoms with van der Waals surface area (Å²) in [5, 5.41) is 16.9. The quantitative estimate of drug-likeness (QED) is 0.105. The molecule has 234 valence electrons. The van der Waals surface area contributed by atoms with E-state index in [1.54, 1.807) is 54.6 Å². The third-order valence-corrected chi connectivity index (χ3v) is 6.91. The Morgan fingerprint density at radius 1 is 0.889 bits per heavy atom. The number of anilines is 1. The van der Waals surface area contributed by atoms with E-state index < -0.39 is 29.8 Å². The summed E-state index contributed by atoms with van der Waals surface area (Å²) in [6.45, 7) is 5.25. The third-order valence-electron chi connectivity index (χ3n) is 6.91. The number of amides is 2. The monoisotopic (exact) mass is 611 g/mol. The van der Waals surface area contributed by atoms with Crippen molar-refractivity contribution in [1.82, 2.24) is 5.32 Å². The third kappa shape index (κ3) is 9.40. The number of nitrogens with one attached hydrogen (secondary N) is 1. The summed E-state index contributed by atoms with van der Waals surface area (Å²) in [4.78, 5) is 49.3. The van der Waals surface area contributed by atoms with Gasteiger partial charge in [-0.15, -0.1) is 0 Å². The molecule has 1 N–H and O–H groups in total. The molecule has 0 aliphatic carbocycles. The molecule has 0 saturated carbocycles. The number of esters is 2. The van der Waals surface area contributed by atoms with Crippen LogP contribution in [0.4, 0.5) is 11.4 Å². The van der Waals surface area contributed by atoms with Crippen LogP contribution in [0.5, 0.6) is 11.5 Å². The second kappa shape index (κ2) is 16.0. The number of para-hydroxylation sites is 1. The molecule has 4 rings (SSSR count). The Kier molecular flexibility index (Phi) is 11.7. The van der Waals surface area contributed by atoms with Gasteiger partial charge in [-0.2, -0.15) is 20.3 Å². The number of azo groups is 1. The molecule has 1 atom stereocenters. The van der Waals surface area contributed by atoms with E-state index in [-0.39, 0.29) is 5.71 Å². The summed E-state index contributed by atoms with van der Waals surface area (Å²) >= 11 is 0. The molecule has 1 aliphatic rings. The van der Waals surface area contributed by atoms with Crippen molar-refractivity contribution in [2.45, 2.75) is 65.3 Å². The molecule has 1 heterocycles. The Labute approximate surface area is 262 Å². The number of hydrogen-bond donors (Lipinski definition) is 1. The SMILES string of the molecule is CCCCCCNC(=O)C1=NN(c2ccccc2)C(=O)C1N=Nc1ccc(CCc2cc(OC(C)=O)ccc2OC(C)=O)cc1. The largest absolute Gasteiger partial charge is 0.427 e. The van der Waals surface area contributed by atoms with Crippen molar-refractivity contribution in [2.24, 2.45) is 15.3 Å². The van der Waals surface area contributed by atoms with Gasteiger partial charge in [-0.3, -0.25) is 19.2 Å². The van der Waals surface area contributed by atoms with Gasteiger partial charge in [-0.25, -0.2) is 0 Å². The van der Waals surface area contributed by atoms with Crippen LogP contribution in [0.25, 0.3) is 0 Å². The normalized spacial score (nSPS) is 14.4. The molecule has 0 saturated heterocycles. The fourth-order valence-corrected chi connectivity index (χ4v) is 4.68. The van der Waals surface area contributed by atoms with Gasteiger partial charge in [0.2, 0.25) is 6.04 Å². The zero-order valence-corrected chi connectivity index (χ0v) is 25.7. The molecule has 1 aliphatic heterocycles. The first kappa shape index (κ1) is 32.7. The second-order valence-corrected chi connectivity index (χ2v) is 10.5. The predicted molar refractivity (Wildman–Crippen MR) is 170 cm³/mol. The van der Waals surface area contributed by atoms with Gasteiger partial charge in [-0.05, 0) is 72.9 Å². The van der Waals surface area contributed by atoms with Gasteiger partial charge in [0.05, 0.1) is 11.4 Å². The molecule has 11 heteroatoms. The van der Waals surface area contributed by atoms with E-state index in [1.807, 2.05) is 18.2 Å². The Bertz CT molecular complexity index is 1570. The molecule has 0 fully saturated rings. The van der Waals surface area contributed by atoms with Crippen LogP contribution in [-0.4, -0.2) is 42.1 Å². The molecule has 0 bridgehead atoms. The van der Waals surface area contributed by atoms with Crippen molar-refractivity contribution in [2.75, 3.05) is 11.6 Å². The molecular weight excluding hydrogens is 574 g/mol. The summed E-state index contributed by atoms with van der Waals surface area (Å²) < 4.78 is 10.5. The maximum atomic E-state index is 13.3. The number of hydrazone groups is 1. The minimum absolute atomic E-state index is 0.000665. The van der Waals surface area contributed by atoms with Crippen molar-refractivity contribution in [3.8, 4) is 11.5 Å². The number of benzene rings is 3. The van der Waals surface area contributed by atoms with Crippen LogP contribution in [-0.2, 0) is 32.0 Å². The smallest absolute Gasteiger partial charge is 0.308 e. The lowest BCUT2D eigenvalue weighted by atomic mass is 10.0. The zero-order chi connectivity index (χ0) is 32.2. The number of hydrogen-bond acceptors (Lipinski definition) is 9. The molecule has 0 aromatic heterocycles. The van der Waals surface area contributed by atoms with E-state index in [1.165, 1.54) is 18.9 Å². The van der Waals surface area contributed by atoms with E-state index in [2.05, 4.69) is 27.6 Å². The first-order chi connectivity index (χ1) is 21.7. The highest BCUT2D eigenvalue weighted by molar-refractivity contribution is 6.47. The minimum Gasteiger partial charge on any atom is -0.427 e. The minimum atomic E-state index is -1.18. The van der Waals surface area contributed by atoms with Crippen LogP contribution in [0, 0.1) is 0 Å². The molecule has 45 heavy (non-hydrogen) atoms. The Morgan fingerprint density at radius 3 is 2.31 bits per heavy atom. The lowest BCUT2D eigenvalue weighted by molar-refractivity contribution is -0.133. The lowest BCUT2D eigenvalue weighted by Gasteiger charge is -2.12. The van der Waals surface area contributed by atoms with Crippen LogP contribution >= 0.6 is 0 Å². The van der Waals surface area contributed by atoms with Gasteiger partial charge in [0.25, 0.3) is 11.8 Å². The molecule has 0 spiro atoms. The Balaban J connectivity index is 1.45. The number of ether oxygens (including phenoxy) is 2. The summed E-state index contributed by atoms with van der Waals surface area (Å²) in [6.07, 6.45) is 5.13. The topological polar surface area (TPSA) is 139 Å². The predicted octanol–water partition coefficient (Wildman–Crippen LogP) is 5.87. The molecule has 11 nitrogen and oxygen atoms in total. The number of nitrogens with zero attached hydrogens (tertiary/aromatic N) is 4. The van der Waals surface area contributed by atoms with Crippen molar-refractivity contribution >= 4 is 40.8 Å². The summed E-state index contributed by atoms with van der Waals surface area (Å²) in [5.74, 6) is -1.03. The summed E-state index contributed by atoms with van der Waals surface area (Å²) in [7, 11) is 0. The molecular formula is C34H37N5O6. The maximum absolute atomic E-state index is 13.3. The van der Waals surface area contributed by atoms with Gasteiger partial charge in [0.1, 0.15) is 11.5 Å². The van der Waals surface area contributed by atoms with Crippen LogP contribution in [0.15, 0.2) is 88.1 Å². The van der Waals surface area contributed by atoms with E-state index >= 15 is 0 Å². The van der Waals surface area contributed by atoms with E-state index in [0.717, 1.165) is 31.2 Å². The van der Waals surface area contributed by atoms with Gasteiger partial charge in [-0.1, -0.05) is 56.5 Å². The number of carbonyl (C=O) groups is 4. The highest BCUT2D eigenvalue weighted by Crippen LogP contribution is 2.27. The van der Waals surface area contributed by atoms with Crippen LogP contribution in [0.1, 0.15) is 57.6 Å². The number of rotatable bonds is 14. The van der Waals surface area contributed by atoms with E-state index in [0.29, 0.717) is 47.8 Å². The number of carbonyl (C=O) groups excluding carboxylic acids is 4. The fraction of sp³-hybridized carbons (Fsp3) is 0.324. The average Bonchev–Trinajstić information content (AvgIpc) is 3.36. The van der Waals surface area contributed by atoms with Crippen molar-refractivity contribution in [1.29, 1.82) is 0 Å². The van der Waals surface area contributed by atoms with Gasteiger partial charge in [0.15, 0.2) is 5.71 Å². The van der Waals surface area contributed by atoms with Crippen molar-refractivity contribution in [3.05, 3.63) is 83.9 Å². The van der Waals surface area contributed by atoms with Crippen LogP contribution < -0.4 is 19.8 Å². The van der Waals surface area contributed by atoms with Crippen LogP contribution in [0.2, 0.25) is 0 Å². The lowest BCUT2D eigenvalue weighted by Crippen LogP contribution is -2.39. The molecule has 1 unspecified atom stereocenters. The zero-order valence-electron chi connectivity index (χ0n) is 25.7. The van der Waals surface area contributed by atoms with Gasteiger partial charge >= 0.3 is 11.9 Å². The van der Waals surface area contributed by atoms with Crippen molar-refractivity contribution in [3.63, 3.8) is 0 Å². The second-order valence-electron chi connectivity index (χ2n) is 10.5. The van der Waals surface area contributed by atoms with Crippen LogP contribution in [0.3, 0.4) is 0 Å². The molecule has 3 aromatic carbocycles. The Hall–Kier alpha value is -5.19. The number of aryl methyl sites for hydroxylation is 2. The van der Waals surface area contributed by atoms with Crippen molar-refractivity contribution < 1.29 is 28.7 Å². The van der Waals surface area contributed by atoms with E-state index in [9.17, 15) is 19.2 Å². The summed E-state index contributed by atoms with van der Waals surface area (Å²) in [5.41, 5.74) is 2.72. The number of unbranched alkanes of at least 4 members (excludes halogenated alkanes) is 3. The fourth-order valence-electron chi connectivity index (χ4n) is 4.68. The highest BCUT2D eigenvalue weighted by atomic mass is 16.5. The average molecular weight is 612 g/mol. The maximum Gasteiger partial charge on any atom is 0.308 e. The molecule has 3 aromatic rings. The van der Waals surface area contributed by atoms with E-state index in [4.69, 9.17) is 9.47 Å².